The molecule has 0 saturated heterocycles. The molecular weight excluding hydrogens is 268 g/mol. The first-order valence-electron chi connectivity index (χ1n) is 5.54. The molecule has 19 heavy (non-hydrogen) atoms. The first-order valence-corrected chi connectivity index (χ1v) is 6.98. The number of carbonyl (C=O) groups excluding carboxylic acids is 1. The van der Waals surface area contributed by atoms with Gasteiger partial charge in [-0.3, -0.25) is 4.79 Å². The monoisotopic (exact) mass is 286 g/mol. The molecule has 7 nitrogen and oxygen atoms in total. The van der Waals surface area contributed by atoms with Crippen LogP contribution in [-0.2, 0) is 14.8 Å². The van der Waals surface area contributed by atoms with Gasteiger partial charge in [0.2, 0.25) is 15.9 Å². The van der Waals surface area contributed by atoms with Gasteiger partial charge in [-0.25, -0.2) is 12.7 Å². The second-order valence-electron chi connectivity index (χ2n) is 4.27. The summed E-state index contributed by atoms with van der Waals surface area (Å²) in [6, 6.07) is 3.89. The largest absolute Gasteiger partial charge is 0.396 e. The van der Waals surface area contributed by atoms with Crippen molar-refractivity contribution >= 4 is 27.3 Å². The van der Waals surface area contributed by atoms with Gasteiger partial charge in [-0.15, -0.1) is 0 Å². The Morgan fingerprint density at radius 1 is 1.37 bits per heavy atom. The van der Waals surface area contributed by atoms with Gasteiger partial charge in [-0.05, 0) is 19.1 Å². The number of para-hydroxylation sites is 1. The molecule has 0 aromatic heterocycles. The van der Waals surface area contributed by atoms with Gasteiger partial charge in [0.15, 0.2) is 0 Å². The van der Waals surface area contributed by atoms with Crippen LogP contribution in [0.1, 0.15) is 6.92 Å². The Bertz CT molecular complexity index is 584. The lowest BCUT2D eigenvalue weighted by Crippen LogP contribution is -2.33. The zero-order valence-electron chi connectivity index (χ0n) is 11.0. The lowest BCUT2D eigenvalue weighted by atomic mass is 10.2. The highest BCUT2D eigenvalue weighted by atomic mass is 32.2. The molecule has 0 aliphatic rings. The number of nitrogen functional groups attached to an aromatic ring is 1. The van der Waals surface area contributed by atoms with Crippen molar-refractivity contribution in [2.75, 3.05) is 25.1 Å². The summed E-state index contributed by atoms with van der Waals surface area (Å²) in [4.78, 5) is 11.0. The van der Waals surface area contributed by atoms with Crippen molar-refractivity contribution in [3.05, 3.63) is 18.2 Å². The van der Waals surface area contributed by atoms with Crippen molar-refractivity contribution in [2.45, 2.75) is 17.9 Å². The van der Waals surface area contributed by atoms with Crippen LogP contribution in [0.4, 0.5) is 11.4 Å². The topological polar surface area (TPSA) is 119 Å². The summed E-state index contributed by atoms with van der Waals surface area (Å²) in [5.74, 6) is -0.555. The van der Waals surface area contributed by atoms with Gasteiger partial charge in [-0.2, -0.15) is 0 Å². The van der Waals surface area contributed by atoms with Crippen LogP contribution in [-0.4, -0.2) is 38.8 Å². The van der Waals surface area contributed by atoms with Crippen LogP contribution in [0, 0.1) is 0 Å². The fourth-order valence-electron chi connectivity index (χ4n) is 1.40. The minimum atomic E-state index is -3.63. The highest BCUT2D eigenvalue weighted by Gasteiger charge is 2.22. The molecule has 8 heteroatoms. The van der Waals surface area contributed by atoms with Crippen LogP contribution in [0.2, 0.25) is 0 Å². The fraction of sp³-hybridized carbons (Fsp3) is 0.364. The minimum Gasteiger partial charge on any atom is -0.396 e. The maximum Gasteiger partial charge on any atom is 0.244 e. The van der Waals surface area contributed by atoms with Gasteiger partial charge in [0, 0.05) is 14.1 Å². The summed E-state index contributed by atoms with van der Waals surface area (Å²) in [7, 11) is -0.799. The van der Waals surface area contributed by atoms with E-state index in [0.29, 0.717) is 5.69 Å². The maximum atomic E-state index is 12.1. The third-order valence-electron chi connectivity index (χ3n) is 2.62. The second kappa shape index (κ2) is 5.45. The standard InChI is InChI=1S/C11H18N4O3S/c1-7(11(13)16)14-8-5-4-6-9(10(8)12)19(17,18)15(2)3/h4-7,14H,12H2,1-3H3,(H2,13,16). The minimum absolute atomic E-state index is 0.0147. The molecule has 1 rings (SSSR count). The molecular formula is C11H18N4O3S. The van der Waals surface area contributed by atoms with E-state index in [9.17, 15) is 13.2 Å². The molecule has 0 radical (unpaired) electrons. The van der Waals surface area contributed by atoms with E-state index < -0.39 is 22.0 Å². The number of primary amides is 1. The SMILES string of the molecule is CC(Nc1cccc(S(=O)(=O)N(C)C)c1N)C(N)=O. The molecule has 0 heterocycles. The lowest BCUT2D eigenvalue weighted by molar-refractivity contribution is -0.118. The number of benzene rings is 1. The van der Waals surface area contributed by atoms with Crippen LogP contribution in [0.15, 0.2) is 23.1 Å². The van der Waals surface area contributed by atoms with Crippen molar-refractivity contribution < 1.29 is 13.2 Å². The van der Waals surface area contributed by atoms with Crippen molar-refractivity contribution in [2.24, 2.45) is 5.73 Å². The van der Waals surface area contributed by atoms with Gasteiger partial charge >= 0.3 is 0 Å². The van der Waals surface area contributed by atoms with Gasteiger partial charge < -0.3 is 16.8 Å². The number of anilines is 2. The zero-order chi connectivity index (χ0) is 14.8. The third kappa shape index (κ3) is 3.15. The molecule has 0 aliphatic heterocycles. The Labute approximate surface area is 112 Å². The Morgan fingerprint density at radius 2 is 1.95 bits per heavy atom. The van der Waals surface area contributed by atoms with E-state index in [1.165, 1.54) is 20.2 Å². The van der Waals surface area contributed by atoms with E-state index in [2.05, 4.69) is 5.32 Å². The molecule has 1 amide bonds. The number of sulfonamides is 1. The molecule has 0 aliphatic carbocycles. The number of amides is 1. The number of nitrogens with zero attached hydrogens (tertiary/aromatic N) is 1. The summed E-state index contributed by atoms with van der Waals surface area (Å²) in [5, 5.41) is 2.78. The van der Waals surface area contributed by atoms with E-state index in [0.717, 1.165) is 4.31 Å². The molecule has 1 atom stereocenters. The Kier molecular flexibility index (Phi) is 4.38. The smallest absolute Gasteiger partial charge is 0.244 e. The number of nitrogens with one attached hydrogen (secondary N) is 1. The molecule has 1 aromatic rings. The molecule has 1 aromatic carbocycles. The van der Waals surface area contributed by atoms with E-state index in [-0.39, 0.29) is 10.6 Å². The maximum absolute atomic E-state index is 12.1. The Morgan fingerprint density at radius 3 is 2.42 bits per heavy atom. The molecule has 0 fully saturated rings. The fourth-order valence-corrected chi connectivity index (χ4v) is 2.43. The van der Waals surface area contributed by atoms with Crippen molar-refractivity contribution in [3.63, 3.8) is 0 Å². The van der Waals surface area contributed by atoms with E-state index in [1.807, 2.05) is 0 Å². The highest BCUT2D eigenvalue weighted by Crippen LogP contribution is 2.28. The van der Waals surface area contributed by atoms with Crippen LogP contribution in [0.3, 0.4) is 0 Å². The molecule has 1 unspecified atom stereocenters. The number of rotatable bonds is 5. The summed E-state index contributed by atoms with van der Waals surface area (Å²) in [6.07, 6.45) is 0. The van der Waals surface area contributed by atoms with Gasteiger partial charge in [0.1, 0.15) is 10.9 Å². The van der Waals surface area contributed by atoms with Crippen molar-refractivity contribution in [3.8, 4) is 0 Å². The number of carbonyl (C=O) groups is 1. The predicted molar refractivity (Wildman–Crippen MR) is 74.0 cm³/mol. The average Bonchev–Trinajstić information content (AvgIpc) is 2.31. The molecule has 0 saturated carbocycles. The predicted octanol–water partition coefficient (Wildman–Crippen LogP) is -0.195. The van der Waals surface area contributed by atoms with Crippen molar-refractivity contribution in [1.82, 2.24) is 4.31 Å². The quantitative estimate of drug-likeness (QED) is 0.648. The highest BCUT2D eigenvalue weighted by molar-refractivity contribution is 7.89. The Balaban J connectivity index is 3.24. The first kappa shape index (κ1) is 15.3. The van der Waals surface area contributed by atoms with Gasteiger partial charge in [-0.1, -0.05) is 6.07 Å². The van der Waals surface area contributed by atoms with Gasteiger partial charge in [0.25, 0.3) is 0 Å². The number of nitrogens with two attached hydrogens (primary N) is 2. The zero-order valence-corrected chi connectivity index (χ0v) is 11.9. The average molecular weight is 286 g/mol. The second-order valence-corrected chi connectivity index (χ2v) is 6.39. The molecule has 0 bridgehead atoms. The molecule has 5 N–H and O–H groups in total. The van der Waals surface area contributed by atoms with Crippen LogP contribution in [0.25, 0.3) is 0 Å². The van der Waals surface area contributed by atoms with Crippen LogP contribution >= 0.6 is 0 Å². The summed E-state index contributed by atoms with van der Waals surface area (Å²) in [6.45, 7) is 1.56. The number of hydrogen-bond acceptors (Lipinski definition) is 5. The summed E-state index contributed by atoms with van der Waals surface area (Å²) >= 11 is 0. The third-order valence-corrected chi connectivity index (χ3v) is 4.50. The van der Waals surface area contributed by atoms with E-state index >= 15 is 0 Å². The molecule has 0 spiro atoms. The number of hydrogen-bond donors (Lipinski definition) is 3. The van der Waals surface area contributed by atoms with Crippen molar-refractivity contribution in [1.29, 1.82) is 0 Å². The van der Waals surface area contributed by atoms with Crippen LogP contribution < -0.4 is 16.8 Å². The normalized spacial score (nSPS) is 13.3. The lowest BCUT2D eigenvalue weighted by Gasteiger charge is -2.18. The molecule has 106 valence electrons. The summed E-state index contributed by atoms with van der Waals surface area (Å²) in [5.41, 5.74) is 11.4. The van der Waals surface area contributed by atoms with Gasteiger partial charge in [0.05, 0.1) is 11.4 Å². The summed E-state index contributed by atoms with van der Waals surface area (Å²) < 4.78 is 25.2. The first-order chi connectivity index (χ1) is 8.67. The Hall–Kier alpha value is -1.80. The van der Waals surface area contributed by atoms with E-state index in [4.69, 9.17) is 11.5 Å². The van der Waals surface area contributed by atoms with E-state index in [1.54, 1.807) is 19.1 Å². The van der Waals surface area contributed by atoms with Crippen LogP contribution in [0.5, 0.6) is 0 Å².